The van der Waals surface area contributed by atoms with Crippen molar-refractivity contribution in [3.8, 4) is 0 Å². The molecule has 0 bridgehead atoms. The van der Waals surface area contributed by atoms with Crippen molar-refractivity contribution in [2.75, 3.05) is 11.1 Å². The number of fused-ring (bicyclic) bond motifs is 2. The molecule has 0 fully saturated rings. The Kier molecular flexibility index (Phi) is 4.12. The Bertz CT molecular complexity index is 1070. The minimum atomic E-state index is -0.532. The zero-order chi connectivity index (χ0) is 19.0. The number of nitrogen functional groups attached to an aromatic ring is 1. The van der Waals surface area contributed by atoms with Crippen LogP contribution in [0.1, 0.15) is 37.4 Å². The summed E-state index contributed by atoms with van der Waals surface area (Å²) in [7, 11) is 0. The van der Waals surface area contributed by atoms with Crippen LogP contribution in [0, 0.1) is 0 Å². The Hall–Kier alpha value is -3.60. The lowest BCUT2D eigenvalue weighted by Gasteiger charge is -2.12. The van der Waals surface area contributed by atoms with Crippen molar-refractivity contribution in [1.29, 1.82) is 0 Å². The number of amides is 1. The van der Waals surface area contributed by atoms with Gasteiger partial charge in [-0.05, 0) is 66.4 Å². The zero-order valence-electron chi connectivity index (χ0n) is 14.7. The molecule has 1 aliphatic carbocycles. The minimum Gasteiger partial charge on any atom is -0.397 e. The van der Waals surface area contributed by atoms with Crippen LogP contribution in [0.5, 0.6) is 0 Å². The molecule has 1 amide bonds. The van der Waals surface area contributed by atoms with Crippen LogP contribution in [-0.2, 0) is 12.8 Å². The van der Waals surface area contributed by atoms with Crippen LogP contribution in [-0.4, -0.2) is 11.7 Å². The van der Waals surface area contributed by atoms with E-state index in [1.54, 1.807) is 12.1 Å². The molecule has 0 aromatic heterocycles. The Balaban J connectivity index is 1.70. The molecule has 1 aliphatic rings. The predicted octanol–water partition coefficient (Wildman–Crippen LogP) is 3.44. The Labute approximate surface area is 157 Å². The summed E-state index contributed by atoms with van der Waals surface area (Å²) in [4.78, 5) is 24.5. The van der Waals surface area contributed by atoms with Gasteiger partial charge in [0, 0.05) is 22.4 Å². The van der Waals surface area contributed by atoms with E-state index < -0.39 is 5.91 Å². The first-order chi connectivity index (χ1) is 13.0. The van der Waals surface area contributed by atoms with E-state index in [2.05, 4.69) is 5.32 Å². The predicted molar refractivity (Wildman–Crippen MR) is 106 cm³/mol. The average Bonchev–Trinajstić information content (AvgIpc) is 2.80. The highest BCUT2D eigenvalue weighted by atomic mass is 16.1. The average molecular weight is 357 g/mol. The molecule has 0 spiro atoms. The molecule has 5 heteroatoms. The number of nitrogens with two attached hydrogens (primary N) is 2. The smallest absolute Gasteiger partial charge is 0.248 e. The van der Waals surface area contributed by atoms with Crippen molar-refractivity contribution >= 4 is 28.8 Å². The van der Waals surface area contributed by atoms with E-state index in [0.29, 0.717) is 22.4 Å². The third-order valence-electron chi connectivity index (χ3n) is 4.89. The summed E-state index contributed by atoms with van der Waals surface area (Å²) < 4.78 is 0. The molecule has 3 aromatic carbocycles. The van der Waals surface area contributed by atoms with Gasteiger partial charge < -0.3 is 16.8 Å². The number of ketones is 1. The Morgan fingerprint density at radius 2 is 1.67 bits per heavy atom. The number of primary amides is 1. The first-order valence-electron chi connectivity index (χ1n) is 8.75. The first-order valence-corrected chi connectivity index (χ1v) is 8.75. The third-order valence-corrected chi connectivity index (χ3v) is 4.89. The van der Waals surface area contributed by atoms with Crippen molar-refractivity contribution in [2.45, 2.75) is 12.8 Å². The van der Waals surface area contributed by atoms with E-state index in [4.69, 9.17) is 11.5 Å². The molecule has 0 unspecified atom stereocenters. The summed E-state index contributed by atoms with van der Waals surface area (Å²) in [6.07, 6.45) is 1.47. The summed E-state index contributed by atoms with van der Waals surface area (Å²) in [6.45, 7) is 0. The van der Waals surface area contributed by atoms with Crippen molar-refractivity contribution in [3.63, 3.8) is 0 Å². The Morgan fingerprint density at radius 3 is 2.44 bits per heavy atom. The lowest BCUT2D eigenvalue weighted by Crippen LogP contribution is -2.13. The molecule has 0 aliphatic heterocycles. The number of hydrogen-bond acceptors (Lipinski definition) is 4. The van der Waals surface area contributed by atoms with Crippen molar-refractivity contribution in [2.24, 2.45) is 5.73 Å². The second-order valence-electron chi connectivity index (χ2n) is 6.65. The summed E-state index contributed by atoms with van der Waals surface area (Å²) in [5.41, 5.74) is 17.2. The van der Waals surface area contributed by atoms with Crippen LogP contribution in [0.2, 0.25) is 0 Å². The molecular weight excluding hydrogens is 338 g/mol. The van der Waals surface area contributed by atoms with Gasteiger partial charge in [-0.25, -0.2) is 0 Å². The van der Waals surface area contributed by atoms with E-state index in [9.17, 15) is 9.59 Å². The van der Waals surface area contributed by atoms with Crippen LogP contribution >= 0.6 is 0 Å². The van der Waals surface area contributed by atoms with Crippen LogP contribution in [0.25, 0.3) is 0 Å². The zero-order valence-corrected chi connectivity index (χ0v) is 14.7. The number of rotatable bonds is 3. The van der Waals surface area contributed by atoms with Gasteiger partial charge in [0.2, 0.25) is 5.91 Å². The monoisotopic (exact) mass is 357 g/mol. The third kappa shape index (κ3) is 3.15. The fourth-order valence-electron chi connectivity index (χ4n) is 3.44. The molecule has 0 saturated carbocycles. The van der Waals surface area contributed by atoms with Crippen LogP contribution in [0.3, 0.4) is 0 Å². The van der Waals surface area contributed by atoms with Crippen LogP contribution < -0.4 is 16.8 Å². The molecular formula is C22H19N3O2. The number of anilines is 3. The molecule has 0 saturated heterocycles. The summed E-state index contributed by atoms with van der Waals surface area (Å²) >= 11 is 0. The fourth-order valence-corrected chi connectivity index (χ4v) is 3.44. The quantitative estimate of drug-likeness (QED) is 0.625. The summed E-state index contributed by atoms with van der Waals surface area (Å²) in [6, 6.07) is 18.3. The van der Waals surface area contributed by atoms with E-state index >= 15 is 0 Å². The van der Waals surface area contributed by atoms with Crippen molar-refractivity contribution < 1.29 is 9.59 Å². The Morgan fingerprint density at radius 1 is 0.889 bits per heavy atom. The fraction of sp³-hybridized carbons (Fsp3) is 0.0909. The molecule has 0 atom stereocenters. The molecule has 5 nitrogen and oxygen atoms in total. The number of hydrogen-bond donors (Lipinski definition) is 3. The lowest BCUT2D eigenvalue weighted by atomic mass is 9.96. The van der Waals surface area contributed by atoms with Crippen LogP contribution in [0.4, 0.5) is 17.1 Å². The topological polar surface area (TPSA) is 98.2 Å². The minimum absolute atomic E-state index is 0.0774. The summed E-state index contributed by atoms with van der Waals surface area (Å²) in [5, 5.41) is 3.31. The molecule has 5 N–H and O–H groups in total. The van der Waals surface area contributed by atoms with Crippen molar-refractivity contribution in [3.05, 3.63) is 88.5 Å². The van der Waals surface area contributed by atoms with E-state index in [-0.39, 0.29) is 5.78 Å². The van der Waals surface area contributed by atoms with Gasteiger partial charge in [-0.1, -0.05) is 18.2 Å². The molecule has 134 valence electrons. The number of aryl methyl sites for hydroxylation is 2. The highest BCUT2D eigenvalue weighted by Crippen LogP contribution is 2.29. The molecule has 27 heavy (non-hydrogen) atoms. The highest BCUT2D eigenvalue weighted by molar-refractivity contribution is 6.12. The van der Waals surface area contributed by atoms with Gasteiger partial charge in [0.1, 0.15) is 0 Å². The van der Waals surface area contributed by atoms with Crippen LogP contribution in [0.15, 0.2) is 60.7 Å². The number of carbonyl (C=O) groups is 2. The van der Waals surface area contributed by atoms with Crippen molar-refractivity contribution in [1.82, 2.24) is 0 Å². The maximum Gasteiger partial charge on any atom is 0.248 e. The second kappa shape index (κ2) is 6.61. The highest BCUT2D eigenvalue weighted by Gasteiger charge is 2.22. The molecule has 0 radical (unpaired) electrons. The molecule has 4 rings (SSSR count). The molecule has 3 aromatic rings. The van der Waals surface area contributed by atoms with Gasteiger partial charge in [-0.3, -0.25) is 9.59 Å². The van der Waals surface area contributed by atoms with E-state index in [1.807, 2.05) is 48.5 Å². The van der Waals surface area contributed by atoms with Gasteiger partial charge in [-0.15, -0.1) is 0 Å². The lowest BCUT2D eigenvalue weighted by molar-refractivity contribution is 0.1000. The van der Waals surface area contributed by atoms with Gasteiger partial charge in [-0.2, -0.15) is 0 Å². The number of nitrogens with one attached hydrogen (secondary N) is 1. The number of para-hydroxylation sites is 2. The SMILES string of the molecule is NC(=O)c1ccc2c(c1)C(=O)c1ccc(Nc3ccccc3N)cc1CC2. The largest absolute Gasteiger partial charge is 0.397 e. The van der Waals surface area contributed by atoms with E-state index in [0.717, 1.165) is 35.3 Å². The van der Waals surface area contributed by atoms with Gasteiger partial charge in [0.25, 0.3) is 0 Å². The molecule has 0 heterocycles. The number of carbonyl (C=O) groups excluding carboxylic acids is 2. The van der Waals surface area contributed by atoms with Gasteiger partial charge >= 0.3 is 0 Å². The standard InChI is InChI=1S/C22H19N3O2/c23-19-3-1-2-4-20(19)25-16-9-10-17-14(11-16)7-5-13-6-8-15(22(24)27)12-18(13)21(17)26/h1-4,6,8-12,25H,5,7,23H2,(H2,24,27). The second-order valence-corrected chi connectivity index (χ2v) is 6.65. The first kappa shape index (κ1) is 16.8. The summed E-state index contributed by atoms with van der Waals surface area (Å²) in [5.74, 6) is -0.610. The normalized spacial score (nSPS) is 12.7. The maximum absolute atomic E-state index is 13.0. The maximum atomic E-state index is 13.0. The van der Waals surface area contributed by atoms with Gasteiger partial charge in [0.05, 0.1) is 11.4 Å². The van der Waals surface area contributed by atoms with E-state index in [1.165, 1.54) is 0 Å². The number of benzene rings is 3. The van der Waals surface area contributed by atoms with Gasteiger partial charge in [0.15, 0.2) is 5.78 Å².